The van der Waals surface area contributed by atoms with Crippen molar-refractivity contribution in [1.29, 1.82) is 0 Å². The number of benzene rings is 2. The molecule has 0 unspecified atom stereocenters. The van der Waals surface area contributed by atoms with Gasteiger partial charge in [0.15, 0.2) is 6.61 Å². The molecule has 3 rings (SSSR count). The Balaban J connectivity index is 1.68. The van der Waals surface area contributed by atoms with E-state index in [0.29, 0.717) is 11.4 Å². The quantitative estimate of drug-likeness (QED) is 0.377. The Kier molecular flexibility index (Phi) is 5.86. The van der Waals surface area contributed by atoms with Crippen LogP contribution in [-0.2, 0) is 9.53 Å². The molecule has 0 spiro atoms. The molecular weight excluding hydrogens is 395 g/mol. The lowest BCUT2D eigenvalue weighted by Gasteiger charge is -2.08. The summed E-state index contributed by atoms with van der Waals surface area (Å²) in [4.78, 5) is 34.4. The van der Waals surface area contributed by atoms with Gasteiger partial charge in [0.25, 0.3) is 5.91 Å². The van der Waals surface area contributed by atoms with E-state index in [1.54, 1.807) is 18.5 Å². The molecule has 154 valence electrons. The first-order valence-corrected chi connectivity index (χ1v) is 8.80. The Morgan fingerprint density at radius 2 is 1.90 bits per heavy atom. The number of para-hydroxylation sites is 1. The molecule has 0 aliphatic heterocycles. The van der Waals surface area contributed by atoms with E-state index in [1.807, 2.05) is 30.3 Å². The lowest BCUT2D eigenvalue weighted by Crippen LogP contribution is -2.21. The summed E-state index contributed by atoms with van der Waals surface area (Å²) >= 11 is 0. The predicted molar refractivity (Wildman–Crippen MR) is 105 cm³/mol. The molecule has 0 atom stereocenters. The summed E-state index contributed by atoms with van der Waals surface area (Å²) in [6, 6.07) is 12.1. The molecule has 2 aromatic carbocycles. The highest BCUT2D eigenvalue weighted by atomic mass is 19.1. The van der Waals surface area contributed by atoms with Gasteiger partial charge in [-0.15, -0.1) is 0 Å². The number of halogens is 1. The van der Waals surface area contributed by atoms with Crippen molar-refractivity contribution in [3.8, 4) is 5.69 Å². The molecular formula is C20H17FN4O5. The number of nitrogens with one attached hydrogen (secondary N) is 1. The summed E-state index contributed by atoms with van der Waals surface area (Å²) < 4.78 is 20.0. The predicted octanol–water partition coefficient (Wildman–Crippen LogP) is 3.33. The highest BCUT2D eigenvalue weighted by Crippen LogP contribution is 2.22. The van der Waals surface area contributed by atoms with E-state index in [0.717, 1.165) is 17.8 Å². The van der Waals surface area contributed by atoms with Gasteiger partial charge in [-0.25, -0.2) is 9.48 Å². The third-order valence-electron chi connectivity index (χ3n) is 4.26. The number of nitrogens with zero attached hydrogens (tertiary/aromatic N) is 3. The molecule has 1 N–H and O–H groups in total. The first-order valence-electron chi connectivity index (χ1n) is 8.80. The number of esters is 1. The minimum atomic E-state index is -1.02. The average Bonchev–Trinajstić information content (AvgIpc) is 3.02. The molecule has 0 aliphatic rings. The van der Waals surface area contributed by atoms with Gasteiger partial charge in [0.2, 0.25) is 5.82 Å². The highest BCUT2D eigenvalue weighted by Gasteiger charge is 2.22. The number of rotatable bonds is 6. The molecule has 0 aliphatic carbocycles. The number of carbonyl (C=O) groups excluding carboxylic acids is 2. The molecule has 3 aromatic rings. The molecule has 1 heterocycles. The van der Waals surface area contributed by atoms with Crippen LogP contribution >= 0.6 is 0 Å². The smallest absolute Gasteiger partial charge is 0.342 e. The third-order valence-corrected chi connectivity index (χ3v) is 4.26. The van der Waals surface area contributed by atoms with Gasteiger partial charge in [0, 0.05) is 11.8 Å². The molecule has 1 aromatic heterocycles. The minimum absolute atomic E-state index is 0.00778. The zero-order valence-electron chi connectivity index (χ0n) is 16.1. The molecule has 0 saturated heterocycles. The van der Waals surface area contributed by atoms with Crippen LogP contribution in [0.1, 0.15) is 21.7 Å². The van der Waals surface area contributed by atoms with Gasteiger partial charge in [-0.2, -0.15) is 9.49 Å². The molecule has 1 amide bonds. The lowest BCUT2D eigenvalue weighted by molar-refractivity contribution is -0.387. The van der Waals surface area contributed by atoms with E-state index in [9.17, 15) is 24.1 Å². The number of amides is 1. The van der Waals surface area contributed by atoms with E-state index in [2.05, 4.69) is 10.4 Å². The van der Waals surface area contributed by atoms with Crippen LogP contribution in [0.2, 0.25) is 0 Å². The van der Waals surface area contributed by atoms with E-state index in [-0.39, 0.29) is 11.3 Å². The van der Waals surface area contributed by atoms with Crippen molar-refractivity contribution in [3.63, 3.8) is 0 Å². The number of anilines is 1. The maximum absolute atomic E-state index is 13.4. The van der Waals surface area contributed by atoms with Crippen LogP contribution < -0.4 is 5.32 Å². The Hall–Kier alpha value is -4.08. The van der Waals surface area contributed by atoms with Gasteiger partial charge in [0.05, 0.1) is 22.0 Å². The van der Waals surface area contributed by atoms with Crippen LogP contribution in [-0.4, -0.2) is 33.2 Å². The number of hydrogen-bond donors (Lipinski definition) is 1. The molecule has 0 fully saturated rings. The summed E-state index contributed by atoms with van der Waals surface area (Å²) in [5.41, 5.74) is 1.24. The summed E-state index contributed by atoms with van der Waals surface area (Å²) in [6.45, 7) is 2.74. The number of aromatic nitrogens is 2. The minimum Gasteiger partial charge on any atom is -0.452 e. The monoisotopic (exact) mass is 412 g/mol. The second-order valence-electron chi connectivity index (χ2n) is 6.34. The van der Waals surface area contributed by atoms with Crippen LogP contribution in [0.5, 0.6) is 0 Å². The van der Waals surface area contributed by atoms with Crippen molar-refractivity contribution in [2.24, 2.45) is 0 Å². The fraction of sp³-hybridized carbons (Fsp3) is 0.150. The highest BCUT2D eigenvalue weighted by molar-refractivity contribution is 5.96. The summed E-state index contributed by atoms with van der Waals surface area (Å²) in [5.74, 6) is -2.48. The van der Waals surface area contributed by atoms with Crippen LogP contribution in [0.25, 0.3) is 5.69 Å². The fourth-order valence-corrected chi connectivity index (χ4v) is 2.89. The second kappa shape index (κ2) is 8.52. The van der Waals surface area contributed by atoms with Crippen molar-refractivity contribution in [2.45, 2.75) is 13.8 Å². The number of aryl methyl sites for hydroxylation is 1. The number of ether oxygens (including phenoxy) is 1. The second-order valence-corrected chi connectivity index (χ2v) is 6.34. The van der Waals surface area contributed by atoms with Crippen LogP contribution in [0, 0.1) is 29.8 Å². The number of nitro groups is 1. The largest absolute Gasteiger partial charge is 0.452 e. The summed E-state index contributed by atoms with van der Waals surface area (Å²) in [6.07, 6.45) is 0. The third kappa shape index (κ3) is 4.32. The standard InChI is InChI=1S/C20H17FN4O5/c1-12-19(13(2)24(23-12)15-6-4-3-5-7-15)20(27)30-11-18(26)22-14-8-9-16(21)17(10-14)25(28)29/h3-10H,11H2,1-2H3,(H,22,26). The number of hydrogen-bond acceptors (Lipinski definition) is 6. The van der Waals surface area contributed by atoms with Crippen molar-refractivity contribution in [3.05, 3.63) is 81.4 Å². The maximum Gasteiger partial charge on any atom is 0.342 e. The van der Waals surface area contributed by atoms with E-state index < -0.39 is 34.9 Å². The normalized spacial score (nSPS) is 10.5. The van der Waals surface area contributed by atoms with Gasteiger partial charge >= 0.3 is 11.7 Å². The molecule has 9 nitrogen and oxygen atoms in total. The van der Waals surface area contributed by atoms with E-state index in [1.165, 1.54) is 6.07 Å². The Morgan fingerprint density at radius 1 is 1.20 bits per heavy atom. The topological polar surface area (TPSA) is 116 Å². The summed E-state index contributed by atoms with van der Waals surface area (Å²) in [7, 11) is 0. The Morgan fingerprint density at radius 3 is 2.57 bits per heavy atom. The van der Waals surface area contributed by atoms with Gasteiger partial charge in [0.1, 0.15) is 5.56 Å². The Labute approximate surface area is 170 Å². The van der Waals surface area contributed by atoms with Crippen molar-refractivity contribution in [2.75, 3.05) is 11.9 Å². The van der Waals surface area contributed by atoms with Crippen molar-refractivity contribution < 1.29 is 23.6 Å². The maximum atomic E-state index is 13.4. The number of nitro benzene ring substituents is 1. The SMILES string of the molecule is Cc1nn(-c2ccccc2)c(C)c1C(=O)OCC(=O)Nc1ccc(F)c([N+](=O)[O-])c1. The number of carbonyl (C=O) groups is 2. The van der Waals surface area contributed by atoms with Crippen molar-refractivity contribution >= 4 is 23.3 Å². The van der Waals surface area contributed by atoms with E-state index in [4.69, 9.17) is 4.74 Å². The van der Waals surface area contributed by atoms with E-state index >= 15 is 0 Å². The first kappa shape index (κ1) is 20.6. The zero-order chi connectivity index (χ0) is 21.8. The fourth-order valence-electron chi connectivity index (χ4n) is 2.89. The van der Waals surface area contributed by atoms with Crippen LogP contribution in [0.4, 0.5) is 15.8 Å². The summed E-state index contributed by atoms with van der Waals surface area (Å²) in [5, 5.41) is 17.4. The zero-order valence-corrected chi connectivity index (χ0v) is 16.1. The van der Waals surface area contributed by atoms with Crippen LogP contribution in [0.3, 0.4) is 0 Å². The van der Waals surface area contributed by atoms with Gasteiger partial charge in [-0.3, -0.25) is 14.9 Å². The molecule has 0 saturated carbocycles. The average molecular weight is 412 g/mol. The molecule has 0 bridgehead atoms. The van der Waals surface area contributed by atoms with Gasteiger partial charge in [-0.1, -0.05) is 18.2 Å². The van der Waals surface area contributed by atoms with Crippen LogP contribution in [0.15, 0.2) is 48.5 Å². The lowest BCUT2D eigenvalue weighted by atomic mass is 10.2. The molecule has 0 radical (unpaired) electrons. The first-order chi connectivity index (χ1) is 14.3. The molecule has 30 heavy (non-hydrogen) atoms. The van der Waals surface area contributed by atoms with Gasteiger partial charge < -0.3 is 10.1 Å². The Bertz CT molecular complexity index is 1130. The van der Waals surface area contributed by atoms with Crippen molar-refractivity contribution in [1.82, 2.24) is 9.78 Å². The molecule has 10 heteroatoms. The van der Waals surface area contributed by atoms with Gasteiger partial charge in [-0.05, 0) is 38.1 Å².